The van der Waals surface area contributed by atoms with Crippen LogP contribution in [-0.2, 0) is 11.3 Å². The number of piperidine rings is 1. The summed E-state index contributed by atoms with van der Waals surface area (Å²) in [6.45, 7) is 6.85. The number of rotatable bonds is 7. The van der Waals surface area contributed by atoms with Crippen molar-refractivity contribution in [1.29, 1.82) is 0 Å². The Morgan fingerprint density at radius 1 is 1.37 bits per heavy atom. The van der Waals surface area contributed by atoms with E-state index in [0.29, 0.717) is 5.92 Å². The van der Waals surface area contributed by atoms with E-state index in [9.17, 15) is 4.79 Å². The fourth-order valence-electron chi connectivity index (χ4n) is 3.59. The van der Waals surface area contributed by atoms with Crippen LogP contribution in [0.5, 0.6) is 5.75 Å². The van der Waals surface area contributed by atoms with Gasteiger partial charge in [0.05, 0.1) is 13.2 Å². The van der Waals surface area contributed by atoms with Gasteiger partial charge in [-0.2, -0.15) is 0 Å². The maximum atomic E-state index is 12.4. The zero-order valence-corrected chi connectivity index (χ0v) is 17.2. The highest BCUT2D eigenvalue weighted by Gasteiger charge is 2.31. The molecule has 1 amide bonds. The summed E-state index contributed by atoms with van der Waals surface area (Å²) in [7, 11) is 1.69. The average Bonchev–Trinajstić information content (AvgIpc) is 3.21. The van der Waals surface area contributed by atoms with Gasteiger partial charge in [-0.15, -0.1) is 11.3 Å². The molecule has 1 N–H and O–H groups in total. The van der Waals surface area contributed by atoms with Gasteiger partial charge in [0, 0.05) is 30.6 Å². The summed E-state index contributed by atoms with van der Waals surface area (Å²) in [6.07, 6.45) is 4.08. The lowest BCUT2D eigenvalue weighted by molar-refractivity contribution is -0.125. The zero-order chi connectivity index (χ0) is 19.2. The lowest BCUT2D eigenvalue weighted by Gasteiger charge is -2.37. The molecule has 0 saturated carbocycles. The molecule has 1 aromatic carbocycles. The summed E-state index contributed by atoms with van der Waals surface area (Å²) < 4.78 is 5.25. The average molecular weight is 388 g/mol. The van der Waals surface area contributed by atoms with E-state index in [1.54, 1.807) is 18.4 Å². The number of methoxy groups -OCH3 is 1. The molecular weight excluding hydrogens is 358 g/mol. The minimum absolute atomic E-state index is 0.00133. The van der Waals surface area contributed by atoms with Gasteiger partial charge in [-0.25, -0.2) is 4.98 Å². The van der Waals surface area contributed by atoms with Crippen LogP contribution in [0.15, 0.2) is 35.8 Å². The second-order valence-electron chi connectivity index (χ2n) is 7.50. The van der Waals surface area contributed by atoms with Crippen LogP contribution in [0.25, 0.3) is 0 Å². The molecule has 2 heterocycles. The van der Waals surface area contributed by atoms with Crippen molar-refractivity contribution in [3.05, 3.63) is 46.4 Å². The molecule has 1 aliphatic rings. The maximum absolute atomic E-state index is 12.4. The summed E-state index contributed by atoms with van der Waals surface area (Å²) in [6, 6.07) is 8.28. The Morgan fingerprint density at radius 2 is 2.15 bits per heavy atom. The molecule has 1 aliphatic heterocycles. The van der Waals surface area contributed by atoms with E-state index in [1.165, 1.54) is 5.56 Å². The lowest BCUT2D eigenvalue weighted by Crippen LogP contribution is -2.43. The van der Waals surface area contributed by atoms with Crippen LogP contribution in [0.3, 0.4) is 0 Å². The first-order chi connectivity index (χ1) is 13.1. The molecule has 146 valence electrons. The van der Waals surface area contributed by atoms with Crippen molar-refractivity contribution in [1.82, 2.24) is 15.2 Å². The number of nitrogens with one attached hydrogen (secondary N) is 1. The topological polar surface area (TPSA) is 54.5 Å². The van der Waals surface area contributed by atoms with Gasteiger partial charge in [0.25, 0.3) is 0 Å². The molecule has 0 bridgehead atoms. The fourth-order valence-corrected chi connectivity index (χ4v) is 4.37. The quantitative estimate of drug-likeness (QED) is 0.783. The number of thiazole rings is 1. The minimum Gasteiger partial charge on any atom is -0.497 e. The smallest absolute Gasteiger partial charge is 0.223 e. The molecule has 3 rings (SSSR count). The summed E-state index contributed by atoms with van der Waals surface area (Å²) in [5.41, 5.74) is 1.29. The number of hydrogen-bond donors (Lipinski definition) is 1. The van der Waals surface area contributed by atoms with E-state index in [2.05, 4.69) is 27.3 Å². The van der Waals surface area contributed by atoms with Gasteiger partial charge in [0.1, 0.15) is 10.8 Å². The van der Waals surface area contributed by atoms with Crippen LogP contribution in [0.2, 0.25) is 0 Å². The predicted octanol–water partition coefficient (Wildman–Crippen LogP) is 3.88. The van der Waals surface area contributed by atoms with Crippen LogP contribution >= 0.6 is 11.3 Å². The second-order valence-corrected chi connectivity index (χ2v) is 8.42. The van der Waals surface area contributed by atoms with E-state index in [4.69, 9.17) is 4.74 Å². The minimum atomic E-state index is -0.0218. The van der Waals surface area contributed by atoms with Crippen molar-refractivity contribution in [2.24, 2.45) is 11.8 Å². The number of ether oxygens (including phenoxy) is 1. The highest BCUT2D eigenvalue weighted by Crippen LogP contribution is 2.32. The van der Waals surface area contributed by atoms with Gasteiger partial charge >= 0.3 is 0 Å². The molecule has 6 heteroatoms. The first-order valence-electron chi connectivity index (χ1n) is 9.62. The number of benzene rings is 1. The third-order valence-corrected chi connectivity index (χ3v) is 5.98. The fraction of sp³-hybridized carbons (Fsp3) is 0.524. The number of nitrogens with zero attached hydrogens (tertiary/aromatic N) is 2. The molecule has 27 heavy (non-hydrogen) atoms. The standard InChI is InChI=1S/C21H29N3O2S/c1-15(2)20(25)23-19(21-22-10-12-27-21)17-5-4-11-24(14-17)13-16-6-8-18(26-3)9-7-16/h6-10,12,15,17,19H,4-5,11,13-14H2,1-3H3,(H,23,25)/t17-,19+/m0/s1. The van der Waals surface area contributed by atoms with Crippen molar-refractivity contribution < 1.29 is 9.53 Å². The van der Waals surface area contributed by atoms with Crippen LogP contribution in [0.1, 0.15) is 43.3 Å². The molecule has 1 saturated heterocycles. The summed E-state index contributed by atoms with van der Waals surface area (Å²) in [5, 5.41) is 6.26. The lowest BCUT2D eigenvalue weighted by atomic mass is 9.90. The molecule has 5 nitrogen and oxygen atoms in total. The Kier molecular flexibility index (Phi) is 6.85. The monoisotopic (exact) mass is 387 g/mol. The van der Waals surface area contributed by atoms with E-state index >= 15 is 0 Å². The molecular formula is C21H29N3O2S. The zero-order valence-electron chi connectivity index (χ0n) is 16.4. The Hall–Kier alpha value is -1.92. The van der Waals surface area contributed by atoms with Gasteiger partial charge in [-0.3, -0.25) is 9.69 Å². The van der Waals surface area contributed by atoms with E-state index in [1.807, 2.05) is 37.6 Å². The number of amides is 1. The third-order valence-electron chi connectivity index (χ3n) is 5.12. The van der Waals surface area contributed by atoms with Gasteiger partial charge in [-0.05, 0) is 43.0 Å². The summed E-state index contributed by atoms with van der Waals surface area (Å²) >= 11 is 1.63. The van der Waals surface area contributed by atoms with Crippen molar-refractivity contribution in [2.75, 3.05) is 20.2 Å². The first-order valence-corrected chi connectivity index (χ1v) is 10.5. The second kappa shape index (κ2) is 9.33. The predicted molar refractivity (Wildman–Crippen MR) is 109 cm³/mol. The van der Waals surface area contributed by atoms with Gasteiger partial charge in [-0.1, -0.05) is 26.0 Å². The maximum Gasteiger partial charge on any atom is 0.223 e. The van der Waals surface area contributed by atoms with Crippen molar-refractivity contribution >= 4 is 17.2 Å². The molecule has 2 aromatic rings. The van der Waals surface area contributed by atoms with Crippen LogP contribution in [0.4, 0.5) is 0 Å². The Morgan fingerprint density at radius 3 is 2.78 bits per heavy atom. The van der Waals surface area contributed by atoms with Crippen molar-refractivity contribution in [2.45, 2.75) is 39.3 Å². The van der Waals surface area contributed by atoms with Gasteiger partial charge in [0.15, 0.2) is 0 Å². The van der Waals surface area contributed by atoms with Crippen LogP contribution in [0, 0.1) is 11.8 Å². The molecule has 0 spiro atoms. The number of aromatic nitrogens is 1. The van der Waals surface area contributed by atoms with Gasteiger partial charge in [0.2, 0.25) is 5.91 Å². The number of likely N-dealkylation sites (tertiary alicyclic amines) is 1. The van der Waals surface area contributed by atoms with Crippen LogP contribution in [-0.4, -0.2) is 36.0 Å². The third kappa shape index (κ3) is 5.30. The van der Waals surface area contributed by atoms with Crippen LogP contribution < -0.4 is 10.1 Å². The number of carbonyl (C=O) groups excluding carboxylic acids is 1. The highest BCUT2D eigenvalue weighted by atomic mass is 32.1. The molecule has 1 aromatic heterocycles. The molecule has 0 aliphatic carbocycles. The van der Waals surface area contributed by atoms with E-state index < -0.39 is 0 Å². The van der Waals surface area contributed by atoms with Crippen molar-refractivity contribution in [3.63, 3.8) is 0 Å². The molecule has 1 fully saturated rings. The first kappa shape index (κ1) is 19.8. The molecule has 0 radical (unpaired) electrons. The van der Waals surface area contributed by atoms with Gasteiger partial charge < -0.3 is 10.1 Å². The Labute approximate surface area is 165 Å². The van der Waals surface area contributed by atoms with E-state index in [0.717, 1.165) is 43.2 Å². The number of carbonyl (C=O) groups is 1. The van der Waals surface area contributed by atoms with Crippen molar-refractivity contribution in [3.8, 4) is 5.75 Å². The normalized spacial score (nSPS) is 19.0. The Bertz CT molecular complexity index is 716. The molecule has 2 atom stereocenters. The summed E-state index contributed by atoms with van der Waals surface area (Å²) in [5.74, 6) is 1.34. The highest BCUT2D eigenvalue weighted by molar-refractivity contribution is 7.09. The largest absolute Gasteiger partial charge is 0.497 e. The SMILES string of the molecule is COc1ccc(CN2CCC[C@H]([C@@H](NC(=O)C(C)C)c3nccs3)C2)cc1. The number of hydrogen-bond acceptors (Lipinski definition) is 5. The van der Waals surface area contributed by atoms with E-state index in [-0.39, 0.29) is 17.9 Å². The summed E-state index contributed by atoms with van der Waals surface area (Å²) in [4.78, 5) is 19.4. The molecule has 0 unspecified atom stereocenters. The Balaban J connectivity index is 1.68.